The Balaban J connectivity index is 2.15. The van der Waals surface area contributed by atoms with Crippen molar-refractivity contribution in [3.05, 3.63) is 34.9 Å². The maximum absolute atomic E-state index is 12.2. The van der Waals surface area contributed by atoms with Gasteiger partial charge in [0.1, 0.15) is 0 Å². The Kier molecular flexibility index (Phi) is 4.68. The summed E-state index contributed by atoms with van der Waals surface area (Å²) in [5.74, 6) is 0.136. The molecule has 102 valence electrons. The van der Waals surface area contributed by atoms with E-state index < -0.39 is 0 Å². The lowest BCUT2D eigenvalue weighted by atomic mass is 9.97. The van der Waals surface area contributed by atoms with E-state index in [1.165, 1.54) is 11.1 Å². The van der Waals surface area contributed by atoms with Crippen LogP contribution in [0.2, 0.25) is 0 Å². The van der Waals surface area contributed by atoms with Crippen LogP contribution in [0.15, 0.2) is 23.3 Å². The van der Waals surface area contributed by atoms with Crippen molar-refractivity contribution >= 4 is 11.5 Å². The topological polar surface area (TPSA) is 53.5 Å². The van der Waals surface area contributed by atoms with Crippen LogP contribution < -0.4 is 10.7 Å². The molecule has 2 rings (SSSR count). The van der Waals surface area contributed by atoms with Crippen molar-refractivity contribution in [3.63, 3.8) is 0 Å². The van der Waals surface area contributed by atoms with Crippen LogP contribution in [0.5, 0.6) is 0 Å². The first-order chi connectivity index (χ1) is 9.20. The summed E-state index contributed by atoms with van der Waals surface area (Å²) in [6.07, 6.45) is 2.42. The first-order valence-electron chi connectivity index (χ1n) is 6.76. The highest BCUT2D eigenvalue weighted by molar-refractivity contribution is 6.09. The lowest BCUT2D eigenvalue weighted by Crippen LogP contribution is -2.16. The normalized spacial score (nSPS) is 15.6. The van der Waals surface area contributed by atoms with Crippen molar-refractivity contribution in [2.45, 2.75) is 26.2 Å². The van der Waals surface area contributed by atoms with Gasteiger partial charge in [-0.3, -0.25) is 4.79 Å². The molecule has 0 fully saturated rings. The first-order valence-corrected chi connectivity index (χ1v) is 6.76. The molecule has 0 spiro atoms. The molecule has 0 amide bonds. The molecular weight excluding hydrogens is 238 g/mol. The van der Waals surface area contributed by atoms with Gasteiger partial charge < -0.3 is 10.7 Å². The lowest BCUT2D eigenvalue weighted by Gasteiger charge is -2.08. The van der Waals surface area contributed by atoms with Gasteiger partial charge in [0.25, 0.3) is 0 Å². The van der Waals surface area contributed by atoms with E-state index in [-0.39, 0.29) is 5.78 Å². The van der Waals surface area contributed by atoms with E-state index in [1.54, 1.807) is 7.05 Å². The number of Topliss-reactive ketones (excluding diaryl/α,β-unsaturated/α-hetero) is 1. The van der Waals surface area contributed by atoms with E-state index in [2.05, 4.69) is 28.0 Å². The molecule has 0 aromatic heterocycles. The molecule has 0 unspecified atom stereocenters. The van der Waals surface area contributed by atoms with E-state index in [1.807, 2.05) is 13.0 Å². The second-order valence-electron chi connectivity index (χ2n) is 4.90. The molecule has 0 saturated carbocycles. The number of fused-ring (bicyclic) bond motifs is 1. The highest BCUT2D eigenvalue weighted by atomic mass is 16.1. The maximum Gasteiger partial charge on any atom is 0.168 e. The van der Waals surface area contributed by atoms with E-state index >= 15 is 0 Å². The molecular formula is C15H21N3O. The van der Waals surface area contributed by atoms with Gasteiger partial charge in [0, 0.05) is 18.3 Å². The van der Waals surface area contributed by atoms with E-state index in [4.69, 9.17) is 0 Å². The standard InChI is InChI=1S/C15H21N3O/c1-11(18-16-2)9-15(19)14-4-3-12-5-7-17-8-6-13(12)10-14/h3-4,10,16-17H,5-9H2,1-2H3/b18-11+. The van der Waals surface area contributed by atoms with Crippen molar-refractivity contribution < 1.29 is 4.79 Å². The fourth-order valence-electron chi connectivity index (χ4n) is 2.41. The van der Waals surface area contributed by atoms with E-state index in [9.17, 15) is 4.79 Å². The number of nitrogens with zero attached hydrogens (tertiary/aromatic N) is 1. The van der Waals surface area contributed by atoms with Crippen molar-refractivity contribution in [2.75, 3.05) is 20.1 Å². The summed E-state index contributed by atoms with van der Waals surface area (Å²) in [5, 5.41) is 7.41. The average Bonchev–Trinajstić information content (AvgIpc) is 2.63. The quantitative estimate of drug-likeness (QED) is 0.490. The summed E-state index contributed by atoms with van der Waals surface area (Å²) in [4.78, 5) is 12.2. The summed E-state index contributed by atoms with van der Waals surface area (Å²) in [7, 11) is 1.74. The van der Waals surface area contributed by atoms with Crippen LogP contribution in [0, 0.1) is 0 Å². The average molecular weight is 259 g/mol. The summed E-state index contributed by atoms with van der Waals surface area (Å²) in [6, 6.07) is 6.09. The lowest BCUT2D eigenvalue weighted by molar-refractivity contribution is 0.100. The zero-order chi connectivity index (χ0) is 13.7. The van der Waals surface area contributed by atoms with Gasteiger partial charge in [-0.15, -0.1) is 0 Å². The molecule has 0 radical (unpaired) electrons. The van der Waals surface area contributed by atoms with Crippen LogP contribution in [0.3, 0.4) is 0 Å². The predicted octanol–water partition coefficient (Wildman–Crippen LogP) is 1.54. The van der Waals surface area contributed by atoms with E-state index in [0.717, 1.165) is 37.2 Å². The molecule has 2 N–H and O–H groups in total. The van der Waals surface area contributed by atoms with Gasteiger partial charge in [-0.25, -0.2) is 0 Å². The second kappa shape index (κ2) is 6.48. The number of ketones is 1. The molecule has 1 aliphatic heterocycles. The Morgan fingerprint density at radius 1 is 1.32 bits per heavy atom. The minimum atomic E-state index is 0.136. The molecule has 4 heteroatoms. The Morgan fingerprint density at radius 3 is 2.79 bits per heavy atom. The van der Waals surface area contributed by atoms with Crippen molar-refractivity contribution in [1.82, 2.24) is 10.7 Å². The number of benzene rings is 1. The molecule has 1 aliphatic rings. The molecule has 0 saturated heterocycles. The number of hydrazone groups is 1. The summed E-state index contributed by atoms with van der Waals surface area (Å²) < 4.78 is 0. The second-order valence-corrected chi connectivity index (χ2v) is 4.90. The smallest absolute Gasteiger partial charge is 0.168 e. The third-order valence-electron chi connectivity index (χ3n) is 3.39. The highest BCUT2D eigenvalue weighted by Gasteiger charge is 2.12. The van der Waals surface area contributed by atoms with Crippen molar-refractivity contribution in [3.8, 4) is 0 Å². The number of carbonyl (C=O) groups excluding carboxylic acids is 1. The maximum atomic E-state index is 12.2. The summed E-state index contributed by atoms with van der Waals surface area (Å²) >= 11 is 0. The minimum absolute atomic E-state index is 0.136. The predicted molar refractivity (Wildman–Crippen MR) is 77.8 cm³/mol. The Morgan fingerprint density at radius 2 is 2.05 bits per heavy atom. The van der Waals surface area contributed by atoms with Crippen LogP contribution in [0.4, 0.5) is 0 Å². The third-order valence-corrected chi connectivity index (χ3v) is 3.39. The third kappa shape index (κ3) is 3.64. The van der Waals surface area contributed by atoms with Gasteiger partial charge in [0.05, 0.1) is 6.42 Å². The molecule has 0 aliphatic carbocycles. The molecule has 1 aromatic carbocycles. The van der Waals surface area contributed by atoms with Crippen molar-refractivity contribution in [1.29, 1.82) is 0 Å². The number of hydrogen-bond acceptors (Lipinski definition) is 4. The SMILES string of the molecule is CN/N=C(\C)CC(=O)c1ccc2c(c1)CCNCC2. The molecule has 1 aromatic rings. The monoisotopic (exact) mass is 259 g/mol. The number of hydrogen-bond donors (Lipinski definition) is 2. The number of carbonyl (C=O) groups is 1. The largest absolute Gasteiger partial charge is 0.316 e. The summed E-state index contributed by atoms with van der Waals surface area (Å²) in [5.41, 5.74) is 6.98. The van der Waals surface area contributed by atoms with Crippen molar-refractivity contribution in [2.24, 2.45) is 5.10 Å². The minimum Gasteiger partial charge on any atom is -0.316 e. The zero-order valence-corrected chi connectivity index (χ0v) is 11.6. The Labute approximate surface area is 114 Å². The number of nitrogens with one attached hydrogen (secondary N) is 2. The van der Waals surface area contributed by atoms with E-state index in [0.29, 0.717) is 6.42 Å². The molecule has 0 bridgehead atoms. The first kappa shape index (κ1) is 13.7. The summed E-state index contributed by atoms with van der Waals surface area (Å²) in [6.45, 7) is 3.88. The van der Waals surface area contributed by atoms with Crippen LogP contribution in [-0.2, 0) is 12.8 Å². The molecule has 19 heavy (non-hydrogen) atoms. The van der Waals surface area contributed by atoms with Gasteiger partial charge >= 0.3 is 0 Å². The zero-order valence-electron chi connectivity index (χ0n) is 11.6. The molecule has 0 atom stereocenters. The van der Waals surface area contributed by atoms with Crippen LogP contribution in [-0.4, -0.2) is 31.6 Å². The van der Waals surface area contributed by atoms with Gasteiger partial charge in [-0.2, -0.15) is 5.10 Å². The Hall–Kier alpha value is -1.68. The van der Waals surface area contributed by atoms with Crippen LogP contribution in [0.25, 0.3) is 0 Å². The molecule has 4 nitrogen and oxygen atoms in total. The highest BCUT2D eigenvalue weighted by Crippen LogP contribution is 2.16. The van der Waals surface area contributed by atoms with Gasteiger partial charge in [0.15, 0.2) is 5.78 Å². The van der Waals surface area contributed by atoms with Crippen LogP contribution in [0.1, 0.15) is 34.8 Å². The van der Waals surface area contributed by atoms with Gasteiger partial charge in [-0.05, 0) is 50.0 Å². The van der Waals surface area contributed by atoms with Crippen LogP contribution >= 0.6 is 0 Å². The molecule has 1 heterocycles. The number of rotatable bonds is 4. The van der Waals surface area contributed by atoms with Gasteiger partial charge in [-0.1, -0.05) is 12.1 Å². The Bertz CT molecular complexity index is 494. The fourth-order valence-corrected chi connectivity index (χ4v) is 2.41. The fraction of sp³-hybridized carbons (Fsp3) is 0.467. The van der Waals surface area contributed by atoms with Gasteiger partial charge in [0.2, 0.25) is 0 Å².